The van der Waals surface area contributed by atoms with Gasteiger partial charge in [0.1, 0.15) is 5.75 Å². The maximum atomic E-state index is 13.1. The number of nitrogens with one attached hydrogen (secondary N) is 1. The topological polar surface area (TPSA) is 93.7 Å². The Balaban J connectivity index is 1.56. The fourth-order valence-corrected chi connectivity index (χ4v) is 5.00. The Morgan fingerprint density at radius 2 is 1.74 bits per heavy atom. The standard InChI is InChI=1S/C22H24N4O4S/c1-16-3-4-17(15-21(16)31(27,28)26-11-13-30-14-12-26)20-9-10-22(25-24-20)23-18-5-7-19(29-2)8-6-18/h3-10,15H,11-14H2,1-2H3,(H,23,25). The van der Waals surface area contributed by atoms with Crippen molar-refractivity contribution in [1.29, 1.82) is 0 Å². The molecule has 0 spiro atoms. The van der Waals surface area contributed by atoms with Crippen molar-refractivity contribution in [2.24, 2.45) is 0 Å². The zero-order valence-corrected chi connectivity index (χ0v) is 18.2. The Bertz CT molecular complexity index is 1140. The molecule has 1 aromatic heterocycles. The van der Waals surface area contributed by atoms with Crippen LogP contribution in [0.1, 0.15) is 5.56 Å². The maximum Gasteiger partial charge on any atom is 0.243 e. The van der Waals surface area contributed by atoms with Crippen molar-refractivity contribution in [3.8, 4) is 17.0 Å². The van der Waals surface area contributed by atoms with E-state index >= 15 is 0 Å². The van der Waals surface area contributed by atoms with E-state index in [0.717, 1.165) is 11.4 Å². The van der Waals surface area contributed by atoms with Crippen LogP contribution in [-0.4, -0.2) is 56.3 Å². The Hall–Kier alpha value is -3.01. The smallest absolute Gasteiger partial charge is 0.243 e. The summed E-state index contributed by atoms with van der Waals surface area (Å²) >= 11 is 0. The highest BCUT2D eigenvalue weighted by molar-refractivity contribution is 7.89. The lowest BCUT2D eigenvalue weighted by Gasteiger charge is -2.26. The van der Waals surface area contributed by atoms with Crippen LogP contribution in [0.5, 0.6) is 5.75 Å². The molecule has 3 aromatic rings. The summed E-state index contributed by atoms with van der Waals surface area (Å²) in [7, 11) is -1.97. The predicted molar refractivity (Wildman–Crippen MR) is 118 cm³/mol. The van der Waals surface area contributed by atoms with E-state index in [-0.39, 0.29) is 4.90 Å². The summed E-state index contributed by atoms with van der Waals surface area (Å²) in [4.78, 5) is 0.286. The minimum absolute atomic E-state index is 0.286. The monoisotopic (exact) mass is 440 g/mol. The van der Waals surface area contributed by atoms with Crippen molar-refractivity contribution in [2.75, 3.05) is 38.7 Å². The summed E-state index contributed by atoms with van der Waals surface area (Å²) in [6.45, 7) is 3.33. The average molecular weight is 441 g/mol. The van der Waals surface area contributed by atoms with Gasteiger partial charge in [-0.25, -0.2) is 8.42 Å². The van der Waals surface area contributed by atoms with E-state index in [2.05, 4.69) is 15.5 Å². The highest BCUT2D eigenvalue weighted by atomic mass is 32.2. The van der Waals surface area contributed by atoms with Gasteiger partial charge in [-0.1, -0.05) is 12.1 Å². The molecule has 8 nitrogen and oxygen atoms in total. The van der Waals surface area contributed by atoms with E-state index in [1.807, 2.05) is 42.5 Å². The third-order valence-electron chi connectivity index (χ3n) is 5.10. The van der Waals surface area contributed by atoms with Crippen LogP contribution in [0.25, 0.3) is 11.3 Å². The van der Waals surface area contributed by atoms with E-state index in [9.17, 15) is 8.42 Å². The first-order valence-electron chi connectivity index (χ1n) is 9.91. The summed E-state index contributed by atoms with van der Waals surface area (Å²) in [5.74, 6) is 1.36. The molecule has 0 saturated carbocycles. The van der Waals surface area contributed by atoms with Crippen molar-refractivity contribution < 1.29 is 17.9 Å². The molecular weight excluding hydrogens is 416 g/mol. The lowest BCUT2D eigenvalue weighted by molar-refractivity contribution is 0.0730. The lowest BCUT2D eigenvalue weighted by atomic mass is 10.1. The van der Waals surface area contributed by atoms with E-state index in [1.54, 1.807) is 26.2 Å². The number of rotatable bonds is 6. The fraction of sp³-hybridized carbons (Fsp3) is 0.273. The Kier molecular flexibility index (Phi) is 6.17. The normalized spacial score (nSPS) is 14.9. The summed E-state index contributed by atoms with van der Waals surface area (Å²) in [6.07, 6.45) is 0. The van der Waals surface area contributed by atoms with E-state index in [0.29, 0.717) is 48.9 Å². The quantitative estimate of drug-likeness (QED) is 0.629. The molecule has 0 unspecified atom stereocenters. The summed E-state index contributed by atoms with van der Waals surface area (Å²) in [5, 5.41) is 11.7. The maximum absolute atomic E-state index is 13.1. The Morgan fingerprint density at radius 3 is 2.39 bits per heavy atom. The molecule has 4 rings (SSSR count). The van der Waals surface area contributed by atoms with Gasteiger partial charge in [-0.15, -0.1) is 10.2 Å². The molecule has 2 heterocycles. The number of hydrogen-bond acceptors (Lipinski definition) is 7. The second-order valence-electron chi connectivity index (χ2n) is 7.15. The molecule has 31 heavy (non-hydrogen) atoms. The SMILES string of the molecule is COc1ccc(Nc2ccc(-c3ccc(C)c(S(=O)(=O)N4CCOCC4)c3)nn2)cc1. The molecule has 162 valence electrons. The molecule has 1 fully saturated rings. The van der Waals surface area contributed by atoms with Gasteiger partial charge in [-0.05, 0) is 55.0 Å². The molecule has 1 aliphatic heterocycles. The van der Waals surface area contributed by atoms with Crippen LogP contribution in [0, 0.1) is 6.92 Å². The van der Waals surface area contributed by atoms with Gasteiger partial charge >= 0.3 is 0 Å². The largest absolute Gasteiger partial charge is 0.497 e. The van der Waals surface area contributed by atoms with Crippen LogP contribution in [0.15, 0.2) is 59.5 Å². The van der Waals surface area contributed by atoms with Crippen molar-refractivity contribution in [3.63, 3.8) is 0 Å². The number of sulfonamides is 1. The van der Waals surface area contributed by atoms with E-state index in [1.165, 1.54) is 4.31 Å². The number of methoxy groups -OCH3 is 1. The second-order valence-corrected chi connectivity index (χ2v) is 9.06. The van der Waals surface area contributed by atoms with Crippen LogP contribution in [0.3, 0.4) is 0 Å². The van der Waals surface area contributed by atoms with Crippen molar-refractivity contribution in [3.05, 3.63) is 60.2 Å². The highest BCUT2D eigenvalue weighted by Crippen LogP contribution is 2.27. The zero-order chi connectivity index (χ0) is 21.8. The molecule has 9 heteroatoms. The molecule has 0 amide bonds. The zero-order valence-electron chi connectivity index (χ0n) is 17.4. The first kappa shape index (κ1) is 21.2. The van der Waals surface area contributed by atoms with Crippen molar-refractivity contribution in [1.82, 2.24) is 14.5 Å². The molecule has 0 bridgehead atoms. The molecule has 1 N–H and O–H groups in total. The number of ether oxygens (including phenoxy) is 2. The molecular formula is C22H24N4O4S. The van der Waals surface area contributed by atoms with Crippen molar-refractivity contribution >= 4 is 21.5 Å². The van der Waals surface area contributed by atoms with E-state index in [4.69, 9.17) is 9.47 Å². The Morgan fingerprint density at radius 1 is 1.00 bits per heavy atom. The molecule has 0 atom stereocenters. The minimum Gasteiger partial charge on any atom is -0.497 e. The molecule has 1 saturated heterocycles. The number of aryl methyl sites for hydroxylation is 1. The van der Waals surface area contributed by atoms with Gasteiger partial charge in [0.2, 0.25) is 10.0 Å². The summed E-state index contributed by atoms with van der Waals surface area (Å²) < 4.78 is 38.1. The molecule has 0 radical (unpaired) electrons. The second kappa shape index (κ2) is 9.01. The third-order valence-corrected chi connectivity index (χ3v) is 7.14. The number of aromatic nitrogens is 2. The average Bonchev–Trinajstić information content (AvgIpc) is 2.81. The predicted octanol–water partition coefficient (Wildman–Crippen LogP) is 3.23. The first-order chi connectivity index (χ1) is 15.0. The lowest BCUT2D eigenvalue weighted by Crippen LogP contribution is -2.40. The molecule has 2 aromatic carbocycles. The number of hydrogen-bond donors (Lipinski definition) is 1. The van der Waals surface area contributed by atoms with Crippen LogP contribution in [-0.2, 0) is 14.8 Å². The van der Waals surface area contributed by atoms with Crippen LogP contribution < -0.4 is 10.1 Å². The Labute approximate surface area is 181 Å². The van der Waals surface area contributed by atoms with Gasteiger partial charge in [0.05, 0.1) is 30.9 Å². The van der Waals surface area contributed by atoms with Gasteiger partial charge in [-0.2, -0.15) is 4.31 Å². The minimum atomic E-state index is -3.60. The summed E-state index contributed by atoms with van der Waals surface area (Å²) in [5.41, 5.74) is 2.85. The van der Waals surface area contributed by atoms with Crippen LogP contribution in [0.2, 0.25) is 0 Å². The van der Waals surface area contributed by atoms with Crippen molar-refractivity contribution in [2.45, 2.75) is 11.8 Å². The number of nitrogens with zero attached hydrogens (tertiary/aromatic N) is 3. The molecule has 0 aliphatic carbocycles. The molecule has 1 aliphatic rings. The van der Waals surface area contributed by atoms with Gasteiger partial charge in [-0.3, -0.25) is 0 Å². The highest BCUT2D eigenvalue weighted by Gasteiger charge is 2.28. The van der Waals surface area contributed by atoms with E-state index < -0.39 is 10.0 Å². The summed E-state index contributed by atoms with van der Waals surface area (Å²) in [6, 6.07) is 16.4. The van der Waals surface area contributed by atoms with Gasteiger partial charge in [0.25, 0.3) is 0 Å². The van der Waals surface area contributed by atoms with Crippen LogP contribution in [0.4, 0.5) is 11.5 Å². The number of benzene rings is 2. The van der Waals surface area contributed by atoms with Gasteiger partial charge in [0, 0.05) is 24.3 Å². The number of morpholine rings is 1. The van der Waals surface area contributed by atoms with Gasteiger partial charge in [0.15, 0.2) is 5.82 Å². The van der Waals surface area contributed by atoms with Gasteiger partial charge < -0.3 is 14.8 Å². The fourth-order valence-electron chi connectivity index (χ4n) is 3.34. The van der Waals surface area contributed by atoms with Crippen LogP contribution >= 0.6 is 0 Å². The first-order valence-corrected chi connectivity index (χ1v) is 11.3. The number of anilines is 2. The third kappa shape index (κ3) is 4.68.